The number of ether oxygens (including phenoxy) is 1. The summed E-state index contributed by atoms with van der Waals surface area (Å²) >= 11 is 12.1. The van der Waals surface area contributed by atoms with Gasteiger partial charge < -0.3 is 10.1 Å². The van der Waals surface area contributed by atoms with Gasteiger partial charge in [-0.25, -0.2) is 0 Å². The van der Waals surface area contributed by atoms with Crippen molar-refractivity contribution in [2.45, 2.75) is 13.8 Å². The Morgan fingerprint density at radius 3 is 2.80 bits per heavy atom. The number of likely N-dealkylation sites (N-methyl/N-ethyl adjacent to an activating group) is 1. The Hall–Kier alpha value is -3.34. The number of aryl methyl sites for hydroxylation is 1. The Labute approximate surface area is 182 Å². The van der Waals surface area contributed by atoms with Gasteiger partial charge in [-0.15, -0.1) is 0 Å². The highest BCUT2D eigenvalue weighted by molar-refractivity contribution is 6.35. The number of carbonyl (C=O) groups excluding carboxylic acids is 1. The van der Waals surface area contributed by atoms with E-state index in [0.29, 0.717) is 17.2 Å². The van der Waals surface area contributed by atoms with Crippen LogP contribution < -0.4 is 15.6 Å². The highest BCUT2D eigenvalue weighted by atomic mass is 35.5. The van der Waals surface area contributed by atoms with Gasteiger partial charge in [-0.1, -0.05) is 29.3 Å². The second kappa shape index (κ2) is 8.99. The van der Waals surface area contributed by atoms with E-state index in [2.05, 4.69) is 10.3 Å². The third kappa shape index (κ3) is 4.30. The van der Waals surface area contributed by atoms with Crippen molar-refractivity contribution in [1.82, 2.24) is 14.7 Å². The number of nitrogens with zero attached hydrogens (tertiary/aromatic N) is 3. The second-order valence-electron chi connectivity index (χ2n) is 6.23. The molecule has 0 radical (unpaired) electrons. The number of nitriles is 1. The predicted molar refractivity (Wildman–Crippen MR) is 115 cm³/mol. The monoisotopic (exact) mass is 442 g/mol. The van der Waals surface area contributed by atoms with E-state index in [9.17, 15) is 14.9 Å². The fourth-order valence-corrected chi connectivity index (χ4v) is 3.15. The number of aromatic nitrogens is 2. The summed E-state index contributed by atoms with van der Waals surface area (Å²) in [5.74, 6) is -0.475. The molecule has 0 saturated carbocycles. The number of fused-ring (bicyclic) bond motifs is 1. The van der Waals surface area contributed by atoms with Gasteiger partial charge in [-0.2, -0.15) is 10.2 Å². The normalized spacial score (nSPS) is 11.2. The SMILES string of the molecule is CCNC(=O)/C(C#N)=C/c1c(Oc2ccc(Cl)cc2Cl)nc2c(C)cccn2c1=O. The number of hydrogen-bond donors (Lipinski definition) is 1. The Morgan fingerprint density at radius 1 is 1.37 bits per heavy atom. The molecule has 0 atom stereocenters. The maximum Gasteiger partial charge on any atom is 0.269 e. The van der Waals surface area contributed by atoms with E-state index in [4.69, 9.17) is 27.9 Å². The number of carbonyl (C=O) groups is 1. The largest absolute Gasteiger partial charge is 0.437 e. The molecular formula is C21H16Cl2N4O3. The molecule has 0 saturated heterocycles. The molecule has 0 spiro atoms. The molecule has 0 bridgehead atoms. The van der Waals surface area contributed by atoms with Gasteiger partial charge in [0.2, 0.25) is 5.88 Å². The van der Waals surface area contributed by atoms with Gasteiger partial charge in [-0.3, -0.25) is 14.0 Å². The molecule has 1 N–H and O–H groups in total. The Morgan fingerprint density at radius 2 is 2.13 bits per heavy atom. The van der Waals surface area contributed by atoms with Crippen LogP contribution in [0, 0.1) is 18.3 Å². The number of halogens is 2. The molecule has 1 aromatic carbocycles. The smallest absolute Gasteiger partial charge is 0.269 e. The molecule has 3 aromatic rings. The van der Waals surface area contributed by atoms with E-state index in [1.165, 1.54) is 16.5 Å². The summed E-state index contributed by atoms with van der Waals surface area (Å²) in [4.78, 5) is 29.8. The van der Waals surface area contributed by atoms with Gasteiger partial charge in [0.05, 0.1) is 5.02 Å². The van der Waals surface area contributed by atoms with Crippen LogP contribution in [0.3, 0.4) is 0 Å². The van der Waals surface area contributed by atoms with Crippen molar-refractivity contribution in [3.8, 4) is 17.7 Å². The number of nitrogens with one attached hydrogen (secondary N) is 1. The molecular weight excluding hydrogens is 427 g/mol. The standard InChI is InChI=1S/C21H16Cl2N4O3/c1-3-25-19(28)13(11-24)9-15-20(30-17-7-6-14(22)10-16(17)23)26-18-12(2)5-4-8-27(18)21(15)29/h4-10H,3H2,1-2H3,(H,25,28)/b13-9+. The summed E-state index contributed by atoms with van der Waals surface area (Å²) in [5.41, 5.74) is 0.292. The van der Waals surface area contributed by atoms with Gasteiger partial charge in [0.1, 0.15) is 28.6 Å². The van der Waals surface area contributed by atoms with E-state index in [1.54, 1.807) is 44.3 Å². The van der Waals surface area contributed by atoms with Gasteiger partial charge in [-0.05, 0) is 49.8 Å². The number of rotatable bonds is 5. The summed E-state index contributed by atoms with van der Waals surface area (Å²) < 4.78 is 7.15. The number of hydrogen-bond acceptors (Lipinski definition) is 5. The van der Waals surface area contributed by atoms with Crippen LogP contribution in [0.2, 0.25) is 10.0 Å². The molecule has 7 nitrogen and oxygen atoms in total. The minimum absolute atomic E-state index is 0.0630. The highest BCUT2D eigenvalue weighted by Crippen LogP contribution is 2.32. The maximum absolute atomic E-state index is 13.2. The van der Waals surface area contributed by atoms with Crippen molar-refractivity contribution < 1.29 is 9.53 Å². The van der Waals surface area contributed by atoms with E-state index in [1.807, 2.05) is 0 Å². The molecule has 2 heterocycles. The van der Waals surface area contributed by atoms with Crippen LogP contribution in [-0.4, -0.2) is 21.8 Å². The topological polar surface area (TPSA) is 96.5 Å². The molecule has 0 aliphatic carbocycles. The zero-order valence-electron chi connectivity index (χ0n) is 16.1. The van der Waals surface area contributed by atoms with E-state index in [-0.39, 0.29) is 27.8 Å². The minimum Gasteiger partial charge on any atom is -0.437 e. The highest BCUT2D eigenvalue weighted by Gasteiger charge is 2.18. The van der Waals surface area contributed by atoms with Crippen LogP contribution in [0.1, 0.15) is 18.1 Å². The number of pyridine rings is 1. The van der Waals surface area contributed by atoms with Crippen molar-refractivity contribution >= 4 is 40.8 Å². The lowest BCUT2D eigenvalue weighted by molar-refractivity contribution is -0.116. The van der Waals surface area contributed by atoms with Crippen molar-refractivity contribution in [3.05, 3.63) is 73.6 Å². The molecule has 0 unspecified atom stereocenters. The first-order valence-electron chi connectivity index (χ1n) is 8.90. The van der Waals surface area contributed by atoms with Crippen molar-refractivity contribution in [2.24, 2.45) is 0 Å². The van der Waals surface area contributed by atoms with Gasteiger partial charge in [0, 0.05) is 17.8 Å². The number of amides is 1. The first kappa shape index (κ1) is 21.4. The molecule has 0 fully saturated rings. The van der Waals surface area contributed by atoms with Crippen LogP contribution in [-0.2, 0) is 4.79 Å². The first-order chi connectivity index (χ1) is 14.3. The van der Waals surface area contributed by atoms with Crippen LogP contribution >= 0.6 is 23.2 Å². The first-order valence-corrected chi connectivity index (χ1v) is 9.66. The molecule has 0 aliphatic rings. The van der Waals surface area contributed by atoms with Gasteiger partial charge >= 0.3 is 0 Å². The van der Waals surface area contributed by atoms with E-state index < -0.39 is 11.5 Å². The lowest BCUT2D eigenvalue weighted by Crippen LogP contribution is -2.25. The summed E-state index contributed by atoms with van der Waals surface area (Å²) in [6.07, 6.45) is 2.71. The quantitative estimate of drug-likeness (QED) is 0.472. The molecule has 2 aromatic heterocycles. The van der Waals surface area contributed by atoms with Crippen molar-refractivity contribution in [1.29, 1.82) is 5.26 Å². The van der Waals surface area contributed by atoms with Gasteiger partial charge in [0.25, 0.3) is 11.5 Å². The summed E-state index contributed by atoms with van der Waals surface area (Å²) in [6.45, 7) is 3.85. The summed E-state index contributed by atoms with van der Waals surface area (Å²) in [5, 5.41) is 12.6. The second-order valence-corrected chi connectivity index (χ2v) is 7.07. The Bertz CT molecular complexity index is 1280. The third-order valence-corrected chi connectivity index (χ3v) is 4.67. The fourth-order valence-electron chi connectivity index (χ4n) is 2.70. The molecule has 1 amide bonds. The Kier molecular flexibility index (Phi) is 6.40. The van der Waals surface area contributed by atoms with Crippen LogP contribution in [0.15, 0.2) is 46.9 Å². The van der Waals surface area contributed by atoms with Gasteiger partial charge in [0.15, 0.2) is 0 Å². The zero-order chi connectivity index (χ0) is 21.8. The molecule has 9 heteroatoms. The van der Waals surface area contributed by atoms with E-state index >= 15 is 0 Å². The van der Waals surface area contributed by atoms with Crippen LogP contribution in [0.25, 0.3) is 11.7 Å². The van der Waals surface area contributed by atoms with Crippen molar-refractivity contribution in [2.75, 3.05) is 6.54 Å². The lowest BCUT2D eigenvalue weighted by Gasteiger charge is -2.12. The van der Waals surface area contributed by atoms with Crippen molar-refractivity contribution in [3.63, 3.8) is 0 Å². The molecule has 152 valence electrons. The zero-order valence-corrected chi connectivity index (χ0v) is 17.6. The maximum atomic E-state index is 13.2. The third-order valence-electron chi connectivity index (χ3n) is 4.14. The minimum atomic E-state index is -0.607. The van der Waals surface area contributed by atoms with Crippen LogP contribution in [0.5, 0.6) is 11.6 Å². The molecule has 30 heavy (non-hydrogen) atoms. The predicted octanol–water partition coefficient (Wildman–Crippen LogP) is 4.15. The summed E-state index contributed by atoms with van der Waals surface area (Å²) in [6, 6.07) is 9.90. The average Bonchev–Trinajstić information content (AvgIpc) is 2.71. The van der Waals surface area contributed by atoms with E-state index in [0.717, 1.165) is 11.6 Å². The lowest BCUT2D eigenvalue weighted by atomic mass is 10.1. The fraction of sp³-hybridized carbons (Fsp3) is 0.143. The average molecular weight is 443 g/mol. The molecule has 3 rings (SSSR count). The number of benzene rings is 1. The summed E-state index contributed by atoms with van der Waals surface area (Å²) in [7, 11) is 0. The molecule has 0 aliphatic heterocycles. The van der Waals surface area contributed by atoms with Crippen LogP contribution in [0.4, 0.5) is 0 Å². The Balaban J connectivity index is 2.27.